The molecule has 176 valence electrons. The Balaban J connectivity index is 1.39. The Morgan fingerprint density at radius 3 is 2.52 bits per heavy atom. The minimum absolute atomic E-state index is 0.0415. The van der Waals surface area contributed by atoms with E-state index in [1.165, 1.54) is 9.13 Å². The van der Waals surface area contributed by atoms with Gasteiger partial charge < -0.3 is 9.30 Å². The number of para-hydroxylation sites is 2. The normalized spacial score (nSPS) is 17.5. The Morgan fingerprint density at radius 2 is 1.85 bits per heavy atom. The van der Waals surface area contributed by atoms with E-state index in [4.69, 9.17) is 4.74 Å². The van der Waals surface area contributed by atoms with Gasteiger partial charge in [-0.25, -0.2) is 13.2 Å². The lowest BCUT2D eigenvalue weighted by molar-refractivity contribution is -0.142. The number of ether oxygens (including phenoxy) is 1. The number of aromatic nitrogens is 3. The van der Waals surface area contributed by atoms with Crippen LogP contribution < -0.4 is 5.69 Å². The molecule has 3 heterocycles. The second-order valence-electron chi connectivity index (χ2n) is 8.53. The molecule has 0 N–H and O–H groups in total. The average molecular weight is 474 g/mol. The number of hydrogen-bond acceptors (Lipinski definition) is 6. The number of fused-ring (bicyclic) bond motifs is 1. The molecular formula is C23H27N3O6S. The zero-order chi connectivity index (χ0) is 23.9. The lowest BCUT2D eigenvalue weighted by Gasteiger charge is -2.16. The monoisotopic (exact) mass is 473 g/mol. The summed E-state index contributed by atoms with van der Waals surface area (Å²) in [4.78, 5) is 37.4. The number of sulfone groups is 1. The van der Waals surface area contributed by atoms with Gasteiger partial charge >= 0.3 is 11.7 Å². The standard InChI is InChI=1S/C23H27N3O6S/c1-15-12-18(16(2)26(15)17-9-11-33(30,31)14-17)21(27)13-32-22(28)8-10-25-20-7-5-4-6-19(20)24(3)23(25)29/h4-7,12,17H,8-11,13-14H2,1-3H3. The number of rotatable bonds is 7. The highest BCUT2D eigenvalue weighted by Crippen LogP contribution is 2.29. The molecule has 1 fully saturated rings. The van der Waals surface area contributed by atoms with Gasteiger partial charge in [-0.2, -0.15) is 0 Å². The number of ketones is 1. The zero-order valence-electron chi connectivity index (χ0n) is 18.9. The van der Waals surface area contributed by atoms with Crippen LogP contribution in [-0.4, -0.2) is 52.0 Å². The van der Waals surface area contributed by atoms with E-state index >= 15 is 0 Å². The first-order chi connectivity index (χ1) is 15.6. The van der Waals surface area contributed by atoms with Crippen molar-refractivity contribution in [1.82, 2.24) is 13.7 Å². The second kappa shape index (κ2) is 8.66. The fourth-order valence-corrected chi connectivity index (χ4v) is 6.38. The minimum Gasteiger partial charge on any atom is -0.457 e. The highest BCUT2D eigenvalue weighted by atomic mass is 32.2. The van der Waals surface area contributed by atoms with Crippen molar-refractivity contribution in [3.63, 3.8) is 0 Å². The van der Waals surface area contributed by atoms with Crippen molar-refractivity contribution >= 4 is 32.6 Å². The molecule has 10 heteroatoms. The van der Waals surface area contributed by atoms with E-state index in [9.17, 15) is 22.8 Å². The van der Waals surface area contributed by atoms with Gasteiger partial charge in [0.15, 0.2) is 16.4 Å². The molecule has 1 unspecified atom stereocenters. The number of hydrogen-bond donors (Lipinski definition) is 0. The van der Waals surface area contributed by atoms with Gasteiger partial charge in [0, 0.05) is 36.6 Å². The number of Topliss-reactive ketones (excluding diaryl/α,β-unsaturated/α-hetero) is 1. The molecule has 0 amide bonds. The van der Waals surface area contributed by atoms with Gasteiger partial charge in [-0.15, -0.1) is 0 Å². The first kappa shape index (κ1) is 23.0. The van der Waals surface area contributed by atoms with E-state index in [2.05, 4.69) is 0 Å². The maximum atomic E-state index is 12.7. The molecule has 0 bridgehead atoms. The van der Waals surface area contributed by atoms with Gasteiger partial charge in [0.2, 0.25) is 5.78 Å². The molecule has 9 nitrogen and oxygen atoms in total. The zero-order valence-corrected chi connectivity index (χ0v) is 19.7. The van der Waals surface area contributed by atoms with Gasteiger partial charge in [0.05, 0.1) is 29.0 Å². The summed E-state index contributed by atoms with van der Waals surface area (Å²) in [5, 5.41) is 0. The van der Waals surface area contributed by atoms with Gasteiger partial charge in [-0.1, -0.05) is 12.1 Å². The van der Waals surface area contributed by atoms with Crippen molar-refractivity contribution in [3.8, 4) is 0 Å². The van der Waals surface area contributed by atoms with Crippen LogP contribution in [0.1, 0.15) is 40.6 Å². The van der Waals surface area contributed by atoms with E-state index in [0.29, 0.717) is 17.7 Å². The molecule has 33 heavy (non-hydrogen) atoms. The lowest BCUT2D eigenvalue weighted by atomic mass is 10.1. The van der Waals surface area contributed by atoms with Crippen LogP contribution in [0.5, 0.6) is 0 Å². The van der Waals surface area contributed by atoms with Crippen LogP contribution in [0.3, 0.4) is 0 Å². The fourth-order valence-electron chi connectivity index (χ4n) is 4.68. The second-order valence-corrected chi connectivity index (χ2v) is 10.8. The summed E-state index contributed by atoms with van der Waals surface area (Å²) in [6.45, 7) is 3.36. The molecule has 0 aliphatic carbocycles. The molecule has 4 rings (SSSR count). The maximum absolute atomic E-state index is 12.7. The van der Waals surface area contributed by atoms with E-state index in [1.54, 1.807) is 20.0 Å². The number of imidazole rings is 1. The smallest absolute Gasteiger partial charge is 0.328 e. The number of benzene rings is 1. The molecule has 0 spiro atoms. The molecule has 0 saturated carbocycles. The highest BCUT2D eigenvalue weighted by Gasteiger charge is 2.31. The van der Waals surface area contributed by atoms with Crippen LogP contribution in [0.15, 0.2) is 35.1 Å². The Hall–Kier alpha value is -3.14. The highest BCUT2D eigenvalue weighted by molar-refractivity contribution is 7.91. The summed E-state index contributed by atoms with van der Waals surface area (Å²) in [6, 6.07) is 8.85. The van der Waals surface area contributed by atoms with Crippen LogP contribution in [0.4, 0.5) is 0 Å². The van der Waals surface area contributed by atoms with Crippen molar-refractivity contribution < 1.29 is 22.7 Å². The van der Waals surface area contributed by atoms with Crippen molar-refractivity contribution in [3.05, 3.63) is 57.8 Å². The summed E-state index contributed by atoms with van der Waals surface area (Å²) in [5.74, 6) is -0.695. The Labute approximate surface area is 191 Å². The van der Waals surface area contributed by atoms with Crippen molar-refractivity contribution in [2.75, 3.05) is 18.1 Å². The summed E-state index contributed by atoms with van der Waals surface area (Å²) in [5.41, 5.74) is 3.19. The molecule has 1 atom stereocenters. The van der Waals surface area contributed by atoms with Crippen LogP contribution in [0, 0.1) is 13.8 Å². The SMILES string of the molecule is Cc1cc(C(=O)COC(=O)CCn2c(=O)n(C)c3ccccc32)c(C)n1C1CCS(=O)(=O)C1. The Kier molecular flexibility index (Phi) is 6.04. The van der Waals surface area contributed by atoms with Gasteiger partial charge in [0.1, 0.15) is 0 Å². The predicted molar refractivity (Wildman–Crippen MR) is 123 cm³/mol. The number of nitrogens with zero attached hydrogens (tertiary/aromatic N) is 3. The first-order valence-corrected chi connectivity index (χ1v) is 12.6. The predicted octanol–water partition coefficient (Wildman–Crippen LogP) is 1.93. The Morgan fingerprint density at radius 1 is 1.15 bits per heavy atom. The first-order valence-electron chi connectivity index (χ1n) is 10.8. The molecule has 1 aliphatic heterocycles. The summed E-state index contributed by atoms with van der Waals surface area (Å²) in [6.07, 6.45) is 0.481. The minimum atomic E-state index is -3.06. The number of aryl methyl sites for hydroxylation is 3. The van der Waals surface area contributed by atoms with Crippen LogP contribution in [0.2, 0.25) is 0 Å². The third-order valence-corrected chi connectivity index (χ3v) is 8.06. The molecule has 2 aromatic heterocycles. The molecule has 1 saturated heterocycles. The largest absolute Gasteiger partial charge is 0.457 e. The summed E-state index contributed by atoms with van der Waals surface area (Å²) < 4.78 is 33.8. The maximum Gasteiger partial charge on any atom is 0.328 e. The van der Waals surface area contributed by atoms with Crippen molar-refractivity contribution in [2.45, 2.75) is 39.3 Å². The van der Waals surface area contributed by atoms with E-state index in [1.807, 2.05) is 35.8 Å². The molecule has 1 aliphatic rings. The molecule has 1 aromatic carbocycles. The van der Waals surface area contributed by atoms with E-state index in [0.717, 1.165) is 16.7 Å². The van der Waals surface area contributed by atoms with Crippen molar-refractivity contribution in [1.29, 1.82) is 0 Å². The summed E-state index contributed by atoms with van der Waals surface area (Å²) >= 11 is 0. The van der Waals surface area contributed by atoms with E-state index in [-0.39, 0.29) is 42.0 Å². The van der Waals surface area contributed by atoms with Gasteiger partial charge in [0.25, 0.3) is 0 Å². The van der Waals surface area contributed by atoms with Crippen LogP contribution in [-0.2, 0) is 33.0 Å². The van der Waals surface area contributed by atoms with Crippen LogP contribution in [0.25, 0.3) is 11.0 Å². The van der Waals surface area contributed by atoms with E-state index < -0.39 is 22.4 Å². The fraction of sp³-hybridized carbons (Fsp3) is 0.435. The van der Waals surface area contributed by atoms with Crippen molar-refractivity contribution in [2.24, 2.45) is 7.05 Å². The number of esters is 1. The third kappa shape index (κ3) is 4.39. The van der Waals surface area contributed by atoms with Gasteiger partial charge in [-0.3, -0.25) is 18.7 Å². The average Bonchev–Trinajstić information content (AvgIpc) is 3.36. The third-order valence-electron chi connectivity index (χ3n) is 6.31. The topological polar surface area (TPSA) is 109 Å². The number of carbonyl (C=O) groups is 2. The lowest BCUT2D eigenvalue weighted by Crippen LogP contribution is -2.24. The number of carbonyl (C=O) groups excluding carboxylic acids is 2. The molecular weight excluding hydrogens is 446 g/mol. The molecule has 3 aromatic rings. The Bertz CT molecular complexity index is 1410. The molecule has 0 radical (unpaired) electrons. The summed E-state index contributed by atoms with van der Waals surface area (Å²) in [7, 11) is -1.38. The quantitative estimate of drug-likeness (QED) is 0.383. The van der Waals surface area contributed by atoms with Gasteiger partial charge in [-0.05, 0) is 38.5 Å². The van der Waals surface area contributed by atoms with Crippen LogP contribution >= 0.6 is 0 Å².